The molecule has 0 saturated heterocycles. The Kier molecular flexibility index (Phi) is 7.42. The Morgan fingerprint density at radius 2 is 1.83 bits per heavy atom. The van der Waals surface area contributed by atoms with Crippen LogP contribution < -0.4 is 5.32 Å². The highest BCUT2D eigenvalue weighted by molar-refractivity contribution is 5.27. The van der Waals surface area contributed by atoms with Crippen LogP contribution in [-0.2, 0) is 6.54 Å². The molecular weight excluding hydrogens is 224 g/mol. The van der Waals surface area contributed by atoms with Crippen LogP contribution in [0.1, 0.15) is 56.8 Å². The van der Waals surface area contributed by atoms with Crippen LogP contribution in [0.4, 0.5) is 0 Å². The number of hydrogen-bond acceptors (Lipinski definition) is 3. The largest absolute Gasteiger partial charge is 0.506 e. The van der Waals surface area contributed by atoms with Crippen LogP contribution in [-0.4, -0.2) is 16.6 Å². The summed E-state index contributed by atoms with van der Waals surface area (Å²) in [5, 5.41) is 13.0. The van der Waals surface area contributed by atoms with Crippen molar-refractivity contribution in [3.8, 4) is 5.75 Å². The van der Waals surface area contributed by atoms with E-state index in [2.05, 4.69) is 17.2 Å². The highest BCUT2D eigenvalue weighted by atomic mass is 16.3. The molecular formula is C15H26N2O. The lowest BCUT2D eigenvalue weighted by Crippen LogP contribution is -2.15. The molecule has 102 valence electrons. The topological polar surface area (TPSA) is 45.2 Å². The summed E-state index contributed by atoms with van der Waals surface area (Å²) in [6.45, 7) is 5.84. The second-order valence-electron chi connectivity index (χ2n) is 4.86. The van der Waals surface area contributed by atoms with Gasteiger partial charge in [-0.25, -0.2) is 0 Å². The molecule has 1 aromatic heterocycles. The van der Waals surface area contributed by atoms with Crippen molar-refractivity contribution in [2.75, 3.05) is 6.54 Å². The van der Waals surface area contributed by atoms with Crippen LogP contribution in [0.15, 0.2) is 12.1 Å². The number of pyridine rings is 1. The van der Waals surface area contributed by atoms with Crippen molar-refractivity contribution in [1.82, 2.24) is 10.3 Å². The molecule has 3 heteroatoms. The lowest BCUT2D eigenvalue weighted by molar-refractivity contribution is 0.458. The van der Waals surface area contributed by atoms with E-state index in [1.54, 1.807) is 6.07 Å². The number of hydrogen-bond donors (Lipinski definition) is 2. The minimum absolute atomic E-state index is 0.288. The second-order valence-corrected chi connectivity index (χ2v) is 4.86. The van der Waals surface area contributed by atoms with Crippen LogP contribution in [0.2, 0.25) is 0 Å². The maximum absolute atomic E-state index is 9.63. The van der Waals surface area contributed by atoms with Gasteiger partial charge in [0.25, 0.3) is 0 Å². The molecule has 0 atom stereocenters. The standard InChI is InChI=1S/C15H26N2O/c1-3-4-5-6-7-8-11-16-12-14-15(18)10-9-13(2)17-14/h9-10,16,18H,3-8,11-12H2,1-2H3. The molecule has 0 aliphatic rings. The molecule has 2 N–H and O–H groups in total. The molecule has 0 spiro atoms. The molecule has 3 nitrogen and oxygen atoms in total. The van der Waals surface area contributed by atoms with Gasteiger partial charge in [-0.05, 0) is 32.0 Å². The highest BCUT2D eigenvalue weighted by Gasteiger charge is 2.02. The third-order valence-electron chi connectivity index (χ3n) is 3.09. The molecule has 18 heavy (non-hydrogen) atoms. The molecule has 0 bridgehead atoms. The first kappa shape index (κ1) is 15.0. The summed E-state index contributed by atoms with van der Waals surface area (Å²) in [7, 11) is 0. The van der Waals surface area contributed by atoms with Gasteiger partial charge in [0.05, 0.1) is 5.69 Å². The zero-order chi connectivity index (χ0) is 13.2. The van der Waals surface area contributed by atoms with Gasteiger partial charge >= 0.3 is 0 Å². The fourth-order valence-corrected chi connectivity index (χ4v) is 1.97. The van der Waals surface area contributed by atoms with Gasteiger partial charge in [-0.15, -0.1) is 0 Å². The molecule has 0 amide bonds. The minimum Gasteiger partial charge on any atom is -0.506 e. The molecule has 0 fully saturated rings. The van der Waals surface area contributed by atoms with E-state index in [-0.39, 0.29) is 5.75 Å². The van der Waals surface area contributed by atoms with Crippen molar-refractivity contribution in [3.63, 3.8) is 0 Å². The predicted molar refractivity (Wildman–Crippen MR) is 75.7 cm³/mol. The number of nitrogens with zero attached hydrogens (tertiary/aromatic N) is 1. The summed E-state index contributed by atoms with van der Waals surface area (Å²) in [4.78, 5) is 4.32. The van der Waals surface area contributed by atoms with E-state index < -0.39 is 0 Å². The van der Waals surface area contributed by atoms with Crippen LogP contribution in [0.25, 0.3) is 0 Å². The number of rotatable bonds is 9. The maximum atomic E-state index is 9.63. The molecule has 1 heterocycles. The molecule has 0 aromatic carbocycles. The van der Waals surface area contributed by atoms with E-state index >= 15 is 0 Å². The Hall–Kier alpha value is -1.09. The number of aryl methyl sites for hydroxylation is 1. The smallest absolute Gasteiger partial charge is 0.138 e. The summed E-state index contributed by atoms with van der Waals surface area (Å²) in [5.74, 6) is 0.288. The Balaban J connectivity index is 2.09. The quantitative estimate of drug-likeness (QED) is 0.659. The first-order chi connectivity index (χ1) is 8.74. The Morgan fingerprint density at radius 3 is 2.61 bits per heavy atom. The highest BCUT2D eigenvalue weighted by Crippen LogP contribution is 2.14. The maximum Gasteiger partial charge on any atom is 0.138 e. The summed E-state index contributed by atoms with van der Waals surface area (Å²) in [6.07, 6.45) is 7.85. The Labute approximate surface area is 111 Å². The van der Waals surface area contributed by atoms with Gasteiger partial charge in [0, 0.05) is 12.2 Å². The zero-order valence-corrected chi connectivity index (χ0v) is 11.7. The van der Waals surface area contributed by atoms with Crippen molar-refractivity contribution < 1.29 is 5.11 Å². The third-order valence-corrected chi connectivity index (χ3v) is 3.09. The molecule has 1 rings (SSSR count). The summed E-state index contributed by atoms with van der Waals surface area (Å²) in [5.41, 5.74) is 1.70. The molecule has 0 radical (unpaired) electrons. The average molecular weight is 250 g/mol. The van der Waals surface area contributed by atoms with Crippen molar-refractivity contribution in [2.24, 2.45) is 0 Å². The predicted octanol–water partition coefficient (Wildman–Crippen LogP) is 3.55. The molecule has 1 aromatic rings. The van der Waals surface area contributed by atoms with Gasteiger partial charge < -0.3 is 10.4 Å². The monoisotopic (exact) mass is 250 g/mol. The normalized spacial score (nSPS) is 10.8. The van der Waals surface area contributed by atoms with Crippen molar-refractivity contribution in [1.29, 1.82) is 0 Å². The number of nitrogens with one attached hydrogen (secondary N) is 1. The number of aromatic hydroxyl groups is 1. The lowest BCUT2D eigenvalue weighted by Gasteiger charge is -2.07. The first-order valence-corrected chi connectivity index (χ1v) is 7.10. The minimum atomic E-state index is 0.288. The van der Waals surface area contributed by atoms with E-state index in [1.165, 1.54) is 38.5 Å². The van der Waals surface area contributed by atoms with E-state index in [4.69, 9.17) is 0 Å². The van der Waals surface area contributed by atoms with E-state index in [0.717, 1.165) is 17.9 Å². The van der Waals surface area contributed by atoms with Gasteiger partial charge in [-0.2, -0.15) is 0 Å². The summed E-state index contributed by atoms with van der Waals surface area (Å²) in [6, 6.07) is 3.54. The molecule has 0 saturated carbocycles. The Bertz CT molecular complexity index is 339. The fourth-order valence-electron chi connectivity index (χ4n) is 1.97. The van der Waals surface area contributed by atoms with Crippen molar-refractivity contribution >= 4 is 0 Å². The van der Waals surface area contributed by atoms with Gasteiger partial charge in [-0.3, -0.25) is 4.98 Å². The average Bonchev–Trinajstić information content (AvgIpc) is 2.36. The van der Waals surface area contributed by atoms with Crippen molar-refractivity contribution in [3.05, 3.63) is 23.5 Å². The second kappa shape index (κ2) is 8.92. The van der Waals surface area contributed by atoms with Crippen LogP contribution in [0, 0.1) is 6.92 Å². The first-order valence-electron chi connectivity index (χ1n) is 7.10. The summed E-state index contributed by atoms with van der Waals surface area (Å²) < 4.78 is 0. The number of unbranched alkanes of at least 4 members (excludes halogenated alkanes) is 5. The number of aromatic nitrogens is 1. The fraction of sp³-hybridized carbons (Fsp3) is 0.667. The van der Waals surface area contributed by atoms with Crippen LogP contribution in [0.3, 0.4) is 0 Å². The van der Waals surface area contributed by atoms with Gasteiger partial charge in [0.15, 0.2) is 0 Å². The van der Waals surface area contributed by atoms with Gasteiger partial charge in [0.2, 0.25) is 0 Å². The third kappa shape index (κ3) is 6.01. The SMILES string of the molecule is CCCCCCCCNCc1nc(C)ccc1O. The van der Waals surface area contributed by atoms with E-state index in [0.29, 0.717) is 6.54 Å². The van der Waals surface area contributed by atoms with E-state index in [1.807, 2.05) is 13.0 Å². The lowest BCUT2D eigenvalue weighted by atomic mass is 10.1. The van der Waals surface area contributed by atoms with Gasteiger partial charge in [-0.1, -0.05) is 39.0 Å². The molecule has 0 aliphatic carbocycles. The Morgan fingerprint density at radius 1 is 1.11 bits per heavy atom. The summed E-state index contributed by atoms with van der Waals surface area (Å²) >= 11 is 0. The molecule has 0 unspecified atom stereocenters. The van der Waals surface area contributed by atoms with E-state index in [9.17, 15) is 5.11 Å². The van der Waals surface area contributed by atoms with Crippen LogP contribution >= 0.6 is 0 Å². The van der Waals surface area contributed by atoms with Gasteiger partial charge in [0.1, 0.15) is 5.75 Å². The van der Waals surface area contributed by atoms with Crippen LogP contribution in [0.5, 0.6) is 5.75 Å². The zero-order valence-electron chi connectivity index (χ0n) is 11.7. The molecule has 0 aliphatic heterocycles. The van der Waals surface area contributed by atoms with Crippen molar-refractivity contribution in [2.45, 2.75) is 58.9 Å².